The Morgan fingerprint density at radius 2 is 2.47 bits per heavy atom. The van der Waals surface area contributed by atoms with Crippen molar-refractivity contribution in [1.82, 2.24) is 10.3 Å². The molecule has 1 aliphatic rings. The van der Waals surface area contributed by atoms with Gasteiger partial charge in [0.15, 0.2) is 11.6 Å². The lowest BCUT2D eigenvalue weighted by atomic mass is 9.91. The van der Waals surface area contributed by atoms with E-state index in [0.29, 0.717) is 6.54 Å². The summed E-state index contributed by atoms with van der Waals surface area (Å²) in [6.45, 7) is 1.60. The van der Waals surface area contributed by atoms with Crippen molar-refractivity contribution < 1.29 is 9.18 Å². The molecule has 1 aromatic heterocycles. The van der Waals surface area contributed by atoms with E-state index in [4.69, 9.17) is 0 Å². The van der Waals surface area contributed by atoms with Gasteiger partial charge in [-0.3, -0.25) is 9.78 Å². The van der Waals surface area contributed by atoms with E-state index in [1.165, 1.54) is 12.3 Å². The Hall–Kier alpha value is -1.29. The lowest BCUT2D eigenvalue weighted by Crippen LogP contribution is -2.34. The molecule has 15 heavy (non-hydrogen) atoms. The van der Waals surface area contributed by atoms with E-state index >= 15 is 0 Å². The van der Waals surface area contributed by atoms with Gasteiger partial charge in [0.1, 0.15) is 0 Å². The van der Waals surface area contributed by atoms with Crippen LogP contribution in [0, 0.1) is 11.7 Å². The largest absolute Gasteiger partial charge is 0.316 e. The molecule has 1 aromatic rings. The summed E-state index contributed by atoms with van der Waals surface area (Å²) in [7, 11) is 0. The van der Waals surface area contributed by atoms with Gasteiger partial charge in [0.25, 0.3) is 0 Å². The second-order valence-corrected chi connectivity index (χ2v) is 3.76. The maximum absolute atomic E-state index is 13.3. The van der Waals surface area contributed by atoms with Crippen molar-refractivity contribution >= 4 is 5.78 Å². The highest BCUT2D eigenvalue weighted by molar-refractivity contribution is 5.98. The smallest absolute Gasteiger partial charge is 0.170 e. The van der Waals surface area contributed by atoms with Crippen LogP contribution in [-0.4, -0.2) is 23.9 Å². The van der Waals surface area contributed by atoms with E-state index < -0.39 is 5.82 Å². The number of hydrogen-bond acceptors (Lipinski definition) is 3. The molecule has 2 rings (SSSR count). The molecule has 0 saturated carbocycles. The third-order valence-electron chi connectivity index (χ3n) is 2.71. The number of aromatic nitrogens is 1. The summed E-state index contributed by atoms with van der Waals surface area (Å²) in [6, 6.07) is 1.45. The molecule has 0 bridgehead atoms. The summed E-state index contributed by atoms with van der Waals surface area (Å²) < 4.78 is 13.3. The Labute approximate surface area is 87.7 Å². The van der Waals surface area contributed by atoms with Crippen molar-refractivity contribution in [2.24, 2.45) is 5.92 Å². The SMILES string of the molecule is O=C(c1ccncc1F)C1CCCNC1. The van der Waals surface area contributed by atoms with Crippen LogP contribution in [0.4, 0.5) is 4.39 Å². The minimum absolute atomic E-state index is 0.0874. The van der Waals surface area contributed by atoms with Crippen molar-refractivity contribution in [1.29, 1.82) is 0 Å². The van der Waals surface area contributed by atoms with Crippen molar-refractivity contribution in [3.8, 4) is 0 Å². The standard InChI is InChI=1S/C11H13FN2O/c12-10-7-14-5-3-9(10)11(15)8-2-1-4-13-6-8/h3,5,7-8,13H,1-2,4,6H2. The van der Waals surface area contributed by atoms with Crippen LogP contribution in [0.1, 0.15) is 23.2 Å². The maximum Gasteiger partial charge on any atom is 0.170 e. The zero-order valence-corrected chi connectivity index (χ0v) is 8.37. The fourth-order valence-corrected chi connectivity index (χ4v) is 1.87. The summed E-state index contributed by atoms with van der Waals surface area (Å²) in [6.07, 6.45) is 4.35. The van der Waals surface area contributed by atoms with E-state index in [-0.39, 0.29) is 17.3 Å². The Morgan fingerprint density at radius 3 is 3.13 bits per heavy atom. The Morgan fingerprint density at radius 1 is 1.60 bits per heavy atom. The first-order valence-electron chi connectivity index (χ1n) is 5.13. The van der Waals surface area contributed by atoms with Gasteiger partial charge in [-0.25, -0.2) is 4.39 Å². The van der Waals surface area contributed by atoms with E-state index in [0.717, 1.165) is 25.6 Å². The zero-order chi connectivity index (χ0) is 10.7. The minimum Gasteiger partial charge on any atom is -0.316 e. The normalized spacial score (nSPS) is 21.3. The average molecular weight is 208 g/mol. The van der Waals surface area contributed by atoms with Crippen LogP contribution in [0.2, 0.25) is 0 Å². The summed E-state index contributed by atoms with van der Waals surface area (Å²) in [4.78, 5) is 15.5. The molecule has 1 fully saturated rings. The van der Waals surface area contributed by atoms with Crippen molar-refractivity contribution in [3.63, 3.8) is 0 Å². The fourth-order valence-electron chi connectivity index (χ4n) is 1.87. The van der Waals surface area contributed by atoms with Gasteiger partial charge in [0, 0.05) is 18.7 Å². The molecular formula is C11H13FN2O. The van der Waals surface area contributed by atoms with Crippen LogP contribution >= 0.6 is 0 Å². The topological polar surface area (TPSA) is 42.0 Å². The molecule has 3 nitrogen and oxygen atoms in total. The van der Waals surface area contributed by atoms with Gasteiger partial charge in [-0.2, -0.15) is 0 Å². The molecular weight excluding hydrogens is 195 g/mol. The number of piperidine rings is 1. The lowest BCUT2D eigenvalue weighted by molar-refractivity contribution is 0.0895. The highest BCUT2D eigenvalue weighted by atomic mass is 19.1. The third-order valence-corrected chi connectivity index (χ3v) is 2.71. The van der Waals surface area contributed by atoms with Crippen LogP contribution in [0.25, 0.3) is 0 Å². The Bertz CT molecular complexity index is 361. The molecule has 2 heterocycles. The third kappa shape index (κ3) is 2.21. The van der Waals surface area contributed by atoms with Crippen LogP contribution in [-0.2, 0) is 0 Å². The number of rotatable bonds is 2. The molecule has 4 heteroatoms. The fraction of sp³-hybridized carbons (Fsp3) is 0.455. The zero-order valence-electron chi connectivity index (χ0n) is 8.37. The predicted octanol–water partition coefficient (Wildman–Crippen LogP) is 1.40. The van der Waals surface area contributed by atoms with Gasteiger partial charge < -0.3 is 5.32 Å². The van der Waals surface area contributed by atoms with Gasteiger partial charge >= 0.3 is 0 Å². The molecule has 1 saturated heterocycles. The van der Waals surface area contributed by atoms with E-state index in [1.807, 2.05) is 0 Å². The van der Waals surface area contributed by atoms with Crippen molar-refractivity contribution in [2.45, 2.75) is 12.8 Å². The van der Waals surface area contributed by atoms with E-state index in [9.17, 15) is 9.18 Å². The van der Waals surface area contributed by atoms with Crippen molar-refractivity contribution in [2.75, 3.05) is 13.1 Å². The van der Waals surface area contributed by atoms with Gasteiger partial charge in [-0.15, -0.1) is 0 Å². The first kappa shape index (κ1) is 10.2. The molecule has 0 aromatic carbocycles. The highest BCUT2D eigenvalue weighted by Crippen LogP contribution is 2.17. The molecule has 1 N–H and O–H groups in total. The number of hydrogen-bond donors (Lipinski definition) is 1. The Kier molecular flexibility index (Phi) is 3.06. The maximum atomic E-state index is 13.3. The number of Topliss-reactive ketones (excluding diaryl/α,β-unsaturated/α-hetero) is 1. The summed E-state index contributed by atoms with van der Waals surface area (Å²) >= 11 is 0. The second kappa shape index (κ2) is 4.49. The molecule has 0 aliphatic carbocycles. The number of nitrogens with zero attached hydrogens (tertiary/aromatic N) is 1. The highest BCUT2D eigenvalue weighted by Gasteiger charge is 2.24. The molecule has 80 valence electrons. The summed E-state index contributed by atoms with van der Waals surface area (Å²) in [5.74, 6) is -0.717. The Balaban J connectivity index is 2.16. The molecule has 0 radical (unpaired) electrons. The first-order chi connectivity index (χ1) is 7.29. The number of ketones is 1. The molecule has 1 aliphatic heterocycles. The molecule has 1 unspecified atom stereocenters. The van der Waals surface area contributed by atoms with E-state index in [2.05, 4.69) is 10.3 Å². The van der Waals surface area contributed by atoms with Crippen LogP contribution < -0.4 is 5.32 Å². The monoisotopic (exact) mass is 208 g/mol. The van der Waals surface area contributed by atoms with Gasteiger partial charge in [-0.1, -0.05) is 0 Å². The van der Waals surface area contributed by atoms with Crippen LogP contribution in [0.15, 0.2) is 18.5 Å². The number of carbonyl (C=O) groups is 1. The molecule has 0 spiro atoms. The van der Waals surface area contributed by atoms with E-state index in [1.54, 1.807) is 0 Å². The van der Waals surface area contributed by atoms with Gasteiger partial charge in [0.05, 0.1) is 11.8 Å². The van der Waals surface area contributed by atoms with Gasteiger partial charge in [-0.05, 0) is 25.5 Å². The number of nitrogens with one attached hydrogen (secondary N) is 1. The number of carbonyl (C=O) groups excluding carboxylic acids is 1. The molecule has 1 atom stereocenters. The summed E-state index contributed by atoms with van der Waals surface area (Å²) in [5.41, 5.74) is 0.165. The quantitative estimate of drug-likeness (QED) is 0.747. The number of halogens is 1. The second-order valence-electron chi connectivity index (χ2n) is 3.76. The first-order valence-corrected chi connectivity index (χ1v) is 5.13. The molecule has 0 amide bonds. The van der Waals surface area contributed by atoms with Crippen molar-refractivity contribution in [3.05, 3.63) is 29.8 Å². The van der Waals surface area contributed by atoms with Crippen LogP contribution in [0.3, 0.4) is 0 Å². The van der Waals surface area contributed by atoms with Gasteiger partial charge in [0.2, 0.25) is 0 Å². The summed E-state index contributed by atoms with van der Waals surface area (Å²) in [5, 5.41) is 3.15. The lowest BCUT2D eigenvalue weighted by Gasteiger charge is -2.21. The van der Waals surface area contributed by atoms with Crippen LogP contribution in [0.5, 0.6) is 0 Å². The predicted molar refractivity (Wildman–Crippen MR) is 54.1 cm³/mol. The number of pyridine rings is 1. The average Bonchev–Trinajstić information content (AvgIpc) is 2.30. The minimum atomic E-state index is -0.520.